The van der Waals surface area contributed by atoms with Gasteiger partial charge in [-0.1, -0.05) is 36.4 Å². The van der Waals surface area contributed by atoms with Crippen LogP contribution in [0.1, 0.15) is 25.0 Å². The molecule has 0 atom stereocenters. The Labute approximate surface area is 136 Å². The predicted molar refractivity (Wildman–Crippen MR) is 90.1 cm³/mol. The lowest BCUT2D eigenvalue weighted by Gasteiger charge is -2.24. The van der Waals surface area contributed by atoms with E-state index in [4.69, 9.17) is 0 Å². The Kier molecular flexibility index (Phi) is 5.01. The van der Waals surface area contributed by atoms with E-state index in [0.29, 0.717) is 12.1 Å². The minimum atomic E-state index is -1.27. The molecule has 0 bridgehead atoms. The van der Waals surface area contributed by atoms with E-state index in [-0.39, 0.29) is 12.1 Å². The zero-order valence-corrected chi connectivity index (χ0v) is 13.7. The second-order valence-electron chi connectivity index (χ2n) is 6.31. The maximum absolute atomic E-state index is 12.1. The number of rotatable bonds is 6. The van der Waals surface area contributed by atoms with Crippen molar-refractivity contribution in [1.29, 1.82) is 0 Å². The van der Waals surface area contributed by atoms with E-state index in [1.807, 2.05) is 48.3 Å². The molecule has 0 aliphatic carbocycles. The third-order valence-electron chi connectivity index (χ3n) is 3.60. The van der Waals surface area contributed by atoms with Crippen LogP contribution >= 0.6 is 0 Å². The molecule has 1 radical (unpaired) electrons. The fraction of sp³-hybridized carbons (Fsp3) is 0.333. The van der Waals surface area contributed by atoms with E-state index in [1.165, 1.54) is 6.07 Å². The van der Waals surface area contributed by atoms with Crippen molar-refractivity contribution in [1.82, 2.24) is 0 Å². The van der Waals surface area contributed by atoms with Gasteiger partial charge in [-0.05, 0) is 25.5 Å². The van der Waals surface area contributed by atoms with Crippen LogP contribution in [0.2, 0.25) is 0 Å². The summed E-state index contributed by atoms with van der Waals surface area (Å²) < 4.78 is 0. The number of anilines is 1. The van der Waals surface area contributed by atoms with Crippen LogP contribution in [-0.2, 0) is 18.1 Å². The van der Waals surface area contributed by atoms with Crippen molar-refractivity contribution in [2.24, 2.45) is 0 Å². The van der Waals surface area contributed by atoms with Gasteiger partial charge in [-0.15, -0.1) is 0 Å². The van der Waals surface area contributed by atoms with Crippen LogP contribution in [0.15, 0.2) is 48.5 Å². The Hall–Kier alpha value is -2.40. The molecule has 0 N–H and O–H groups in total. The van der Waals surface area contributed by atoms with Gasteiger partial charge in [0.15, 0.2) is 0 Å². The average molecular weight is 313 g/mol. The minimum absolute atomic E-state index is 0.00587. The van der Waals surface area contributed by atoms with Crippen molar-refractivity contribution in [3.63, 3.8) is 0 Å². The summed E-state index contributed by atoms with van der Waals surface area (Å²) in [6.45, 7) is 3.71. The fourth-order valence-corrected chi connectivity index (χ4v) is 2.64. The van der Waals surface area contributed by atoms with Crippen LogP contribution in [0.3, 0.4) is 0 Å². The normalized spacial score (nSPS) is 11.3. The van der Waals surface area contributed by atoms with Crippen molar-refractivity contribution < 1.29 is 10.0 Å². The van der Waals surface area contributed by atoms with Crippen molar-refractivity contribution in [2.75, 3.05) is 11.9 Å². The number of nitro groups is 1. The topological polar surface area (TPSA) is 66.3 Å². The molecular formula is C18H21N2O3. The van der Waals surface area contributed by atoms with Crippen molar-refractivity contribution in [3.8, 4) is 0 Å². The van der Waals surface area contributed by atoms with Gasteiger partial charge in [-0.25, -0.2) is 5.11 Å². The summed E-state index contributed by atoms with van der Waals surface area (Å²) in [5, 5.41) is 23.5. The molecule has 0 amide bonds. The molecule has 0 aromatic heterocycles. The highest BCUT2D eigenvalue weighted by Crippen LogP contribution is 2.32. The lowest BCUT2D eigenvalue weighted by atomic mass is 9.95. The lowest BCUT2D eigenvalue weighted by Crippen LogP contribution is -2.24. The Balaban J connectivity index is 2.40. The van der Waals surface area contributed by atoms with Crippen LogP contribution in [-0.4, -0.2) is 17.6 Å². The van der Waals surface area contributed by atoms with Gasteiger partial charge in [0, 0.05) is 31.8 Å². The Bertz CT molecular complexity index is 678. The zero-order valence-electron chi connectivity index (χ0n) is 13.7. The molecule has 0 aliphatic heterocycles. The van der Waals surface area contributed by atoms with Crippen molar-refractivity contribution in [3.05, 3.63) is 69.8 Å². The lowest BCUT2D eigenvalue weighted by molar-refractivity contribution is -0.385. The summed E-state index contributed by atoms with van der Waals surface area (Å²) in [6, 6.07) is 14.8. The number of hydrogen-bond donors (Lipinski definition) is 0. The van der Waals surface area contributed by atoms with Gasteiger partial charge in [0.2, 0.25) is 0 Å². The first-order chi connectivity index (χ1) is 10.8. The maximum atomic E-state index is 12.1. The van der Waals surface area contributed by atoms with E-state index < -0.39 is 10.5 Å². The van der Waals surface area contributed by atoms with E-state index in [1.54, 1.807) is 19.9 Å². The molecule has 5 nitrogen and oxygen atoms in total. The van der Waals surface area contributed by atoms with Crippen molar-refractivity contribution >= 4 is 11.4 Å². The second kappa shape index (κ2) is 6.79. The predicted octanol–water partition coefficient (Wildman–Crippen LogP) is 3.98. The summed E-state index contributed by atoms with van der Waals surface area (Å²) >= 11 is 0. The molecule has 0 unspecified atom stereocenters. The van der Waals surface area contributed by atoms with Crippen LogP contribution in [0, 0.1) is 10.1 Å². The summed E-state index contributed by atoms with van der Waals surface area (Å²) in [6.07, 6.45) is 0.110. The van der Waals surface area contributed by atoms with Crippen molar-refractivity contribution in [2.45, 2.75) is 32.4 Å². The third kappa shape index (κ3) is 4.53. The van der Waals surface area contributed by atoms with Crippen LogP contribution in [0.25, 0.3) is 0 Å². The molecule has 5 heteroatoms. The molecule has 121 valence electrons. The maximum Gasteiger partial charge on any atom is 0.274 e. The summed E-state index contributed by atoms with van der Waals surface area (Å²) in [5.41, 5.74) is 1.07. The van der Waals surface area contributed by atoms with E-state index >= 15 is 0 Å². The molecule has 0 saturated carbocycles. The molecule has 2 rings (SSSR count). The summed E-state index contributed by atoms with van der Waals surface area (Å²) in [7, 11) is 1.88. The minimum Gasteiger partial charge on any atom is -0.370 e. The first kappa shape index (κ1) is 17.0. The second-order valence-corrected chi connectivity index (χ2v) is 6.31. The molecule has 0 aliphatic rings. The van der Waals surface area contributed by atoms with Gasteiger partial charge in [-0.2, -0.15) is 0 Å². The molecule has 2 aromatic carbocycles. The van der Waals surface area contributed by atoms with Gasteiger partial charge in [0.1, 0.15) is 5.60 Å². The number of nitrogens with zero attached hydrogens (tertiary/aromatic N) is 2. The quantitative estimate of drug-likeness (QED) is 0.598. The van der Waals surface area contributed by atoms with Gasteiger partial charge >= 0.3 is 0 Å². The first-order valence-corrected chi connectivity index (χ1v) is 7.50. The smallest absolute Gasteiger partial charge is 0.274 e. The first-order valence-electron chi connectivity index (χ1n) is 7.50. The SMILES string of the molecule is CN(Cc1ccccc1)c1cccc([N+](=O)[O-])c1CC(C)(C)[O]. The highest BCUT2D eigenvalue weighted by atomic mass is 16.6. The monoisotopic (exact) mass is 313 g/mol. The highest BCUT2D eigenvalue weighted by molar-refractivity contribution is 5.62. The number of nitro benzene ring substituents is 1. The van der Waals surface area contributed by atoms with Gasteiger partial charge in [0.25, 0.3) is 5.69 Å². The van der Waals surface area contributed by atoms with Gasteiger partial charge < -0.3 is 4.90 Å². The molecule has 2 aromatic rings. The standard InChI is InChI=1S/C18H21N2O3/c1-18(2,21)12-15-16(10-7-11-17(15)20(22)23)19(3)13-14-8-5-4-6-9-14/h4-11H,12-13H2,1-3H3. The molecular weight excluding hydrogens is 292 g/mol. The van der Waals surface area contributed by atoms with E-state index in [9.17, 15) is 15.2 Å². The van der Waals surface area contributed by atoms with Crippen LogP contribution in [0.4, 0.5) is 11.4 Å². The van der Waals surface area contributed by atoms with Gasteiger partial charge in [-0.3, -0.25) is 10.1 Å². The zero-order chi connectivity index (χ0) is 17.0. The van der Waals surface area contributed by atoms with E-state index in [0.717, 1.165) is 11.3 Å². The Morgan fingerprint density at radius 2 is 1.74 bits per heavy atom. The largest absolute Gasteiger partial charge is 0.370 e. The molecule has 0 saturated heterocycles. The molecule has 0 fully saturated rings. The highest BCUT2D eigenvalue weighted by Gasteiger charge is 2.26. The average Bonchev–Trinajstić information content (AvgIpc) is 2.46. The molecule has 0 heterocycles. The molecule has 23 heavy (non-hydrogen) atoms. The van der Waals surface area contributed by atoms with E-state index in [2.05, 4.69) is 0 Å². The van der Waals surface area contributed by atoms with Crippen LogP contribution in [0.5, 0.6) is 0 Å². The Morgan fingerprint density at radius 1 is 1.09 bits per heavy atom. The van der Waals surface area contributed by atoms with Gasteiger partial charge in [0.05, 0.1) is 10.5 Å². The summed E-state index contributed by atoms with van der Waals surface area (Å²) in [5.74, 6) is 0. The Morgan fingerprint density at radius 3 is 2.30 bits per heavy atom. The number of hydrogen-bond acceptors (Lipinski definition) is 3. The molecule has 0 spiro atoms. The fourth-order valence-electron chi connectivity index (χ4n) is 2.64. The summed E-state index contributed by atoms with van der Waals surface area (Å²) in [4.78, 5) is 12.9. The third-order valence-corrected chi connectivity index (χ3v) is 3.60. The van der Waals surface area contributed by atoms with Crippen LogP contribution < -0.4 is 4.90 Å². The number of benzene rings is 2.